The molecule has 1 aliphatic heterocycles. The molecule has 0 radical (unpaired) electrons. The van der Waals surface area contributed by atoms with Gasteiger partial charge in [0, 0.05) is 0 Å². The first-order chi connectivity index (χ1) is 9.70. The first kappa shape index (κ1) is 13.4. The summed E-state index contributed by atoms with van der Waals surface area (Å²) >= 11 is 2.16. The standard InChI is InChI=1S/C16H13IO3/c1-19-11-8-6-10(7-9-11)16-14(17)15(18)12-4-2-3-5-13(12)20-16/h2-9,14,16H,1H3/t14-,16-/m1/s1. The summed E-state index contributed by atoms with van der Waals surface area (Å²) in [4.78, 5) is 12.4. The summed E-state index contributed by atoms with van der Waals surface area (Å²) < 4.78 is 10.9. The lowest BCUT2D eigenvalue weighted by atomic mass is 9.96. The fourth-order valence-corrected chi connectivity index (χ4v) is 3.18. The number of Topliss-reactive ketones (excluding diaryl/α,β-unsaturated/α-hetero) is 1. The molecule has 20 heavy (non-hydrogen) atoms. The number of benzene rings is 2. The average Bonchev–Trinajstić information content (AvgIpc) is 2.51. The van der Waals surface area contributed by atoms with Crippen molar-refractivity contribution >= 4 is 28.4 Å². The van der Waals surface area contributed by atoms with Gasteiger partial charge in [-0.15, -0.1) is 0 Å². The largest absolute Gasteiger partial charge is 0.497 e. The molecule has 1 heterocycles. The van der Waals surface area contributed by atoms with Gasteiger partial charge in [0.1, 0.15) is 21.5 Å². The molecule has 1 aliphatic rings. The molecule has 4 heteroatoms. The zero-order chi connectivity index (χ0) is 14.1. The van der Waals surface area contributed by atoms with E-state index in [4.69, 9.17) is 9.47 Å². The van der Waals surface area contributed by atoms with Crippen LogP contribution in [0.25, 0.3) is 0 Å². The molecular formula is C16H13IO3. The summed E-state index contributed by atoms with van der Waals surface area (Å²) in [6.07, 6.45) is -0.260. The summed E-state index contributed by atoms with van der Waals surface area (Å²) in [6.45, 7) is 0. The number of ketones is 1. The van der Waals surface area contributed by atoms with Crippen LogP contribution in [0.2, 0.25) is 0 Å². The number of halogens is 1. The molecular weight excluding hydrogens is 367 g/mol. The van der Waals surface area contributed by atoms with Crippen LogP contribution in [0.3, 0.4) is 0 Å². The van der Waals surface area contributed by atoms with E-state index in [1.807, 2.05) is 48.5 Å². The van der Waals surface area contributed by atoms with Crippen molar-refractivity contribution in [1.29, 1.82) is 0 Å². The fraction of sp³-hybridized carbons (Fsp3) is 0.188. The lowest BCUT2D eigenvalue weighted by Gasteiger charge is -2.29. The normalized spacial score (nSPS) is 21.0. The number of carbonyl (C=O) groups excluding carboxylic acids is 1. The number of rotatable bonds is 2. The molecule has 2 aromatic rings. The lowest BCUT2D eigenvalue weighted by Crippen LogP contribution is -2.31. The maximum absolute atomic E-state index is 12.4. The Hall–Kier alpha value is -1.56. The second-order valence-corrected chi connectivity index (χ2v) is 5.92. The summed E-state index contributed by atoms with van der Waals surface area (Å²) in [5.74, 6) is 1.57. The van der Waals surface area contributed by atoms with Crippen molar-refractivity contribution in [3.8, 4) is 11.5 Å². The van der Waals surface area contributed by atoms with Crippen molar-refractivity contribution in [3.05, 3.63) is 59.7 Å². The SMILES string of the molecule is COc1ccc([C@H]2Oc3ccccc3C(=O)[C@H]2I)cc1. The highest BCUT2D eigenvalue weighted by atomic mass is 127. The average molecular weight is 380 g/mol. The zero-order valence-electron chi connectivity index (χ0n) is 10.9. The molecule has 0 aliphatic carbocycles. The summed E-state index contributed by atoms with van der Waals surface area (Å²) in [5.41, 5.74) is 1.64. The van der Waals surface area contributed by atoms with Crippen LogP contribution in [0.4, 0.5) is 0 Å². The van der Waals surface area contributed by atoms with E-state index in [0.29, 0.717) is 11.3 Å². The molecule has 2 atom stereocenters. The van der Waals surface area contributed by atoms with Crippen LogP contribution in [0.1, 0.15) is 22.0 Å². The number of alkyl halides is 1. The van der Waals surface area contributed by atoms with E-state index < -0.39 is 0 Å². The number of carbonyl (C=O) groups is 1. The molecule has 0 fully saturated rings. The van der Waals surface area contributed by atoms with Gasteiger partial charge in [-0.2, -0.15) is 0 Å². The molecule has 0 unspecified atom stereocenters. The number of hydrogen-bond acceptors (Lipinski definition) is 3. The molecule has 2 aromatic carbocycles. The van der Waals surface area contributed by atoms with Crippen LogP contribution < -0.4 is 9.47 Å². The van der Waals surface area contributed by atoms with Gasteiger partial charge in [0.2, 0.25) is 0 Å². The van der Waals surface area contributed by atoms with Gasteiger partial charge >= 0.3 is 0 Å². The molecule has 0 saturated heterocycles. The summed E-state index contributed by atoms with van der Waals surface area (Å²) in [5, 5.41) is 0. The van der Waals surface area contributed by atoms with Gasteiger partial charge in [-0.05, 0) is 29.8 Å². The highest BCUT2D eigenvalue weighted by molar-refractivity contribution is 14.1. The van der Waals surface area contributed by atoms with E-state index in [1.165, 1.54) is 0 Å². The summed E-state index contributed by atoms with van der Waals surface area (Å²) in [7, 11) is 1.63. The zero-order valence-corrected chi connectivity index (χ0v) is 13.0. The quantitative estimate of drug-likeness (QED) is 0.587. The molecule has 0 amide bonds. The second kappa shape index (κ2) is 5.44. The third kappa shape index (κ3) is 2.28. The third-order valence-corrected chi connectivity index (χ3v) is 4.59. The third-order valence-electron chi connectivity index (χ3n) is 3.37. The molecule has 0 saturated carbocycles. The van der Waals surface area contributed by atoms with Crippen molar-refractivity contribution in [3.63, 3.8) is 0 Å². The van der Waals surface area contributed by atoms with Gasteiger partial charge in [0.15, 0.2) is 5.78 Å². The Kier molecular flexibility index (Phi) is 3.65. The van der Waals surface area contributed by atoms with E-state index in [-0.39, 0.29) is 15.8 Å². The Morgan fingerprint density at radius 2 is 1.80 bits per heavy atom. The predicted molar refractivity (Wildman–Crippen MR) is 84.9 cm³/mol. The van der Waals surface area contributed by atoms with Crippen LogP contribution >= 0.6 is 22.6 Å². The molecule has 0 aromatic heterocycles. The Labute approximate surface area is 131 Å². The molecule has 3 nitrogen and oxygen atoms in total. The molecule has 3 rings (SSSR count). The van der Waals surface area contributed by atoms with Crippen LogP contribution in [-0.4, -0.2) is 16.8 Å². The maximum atomic E-state index is 12.4. The van der Waals surface area contributed by atoms with Crippen molar-refractivity contribution < 1.29 is 14.3 Å². The van der Waals surface area contributed by atoms with E-state index in [1.54, 1.807) is 7.11 Å². The van der Waals surface area contributed by atoms with Crippen molar-refractivity contribution in [1.82, 2.24) is 0 Å². The highest BCUT2D eigenvalue weighted by Crippen LogP contribution is 2.38. The smallest absolute Gasteiger partial charge is 0.183 e. The lowest BCUT2D eigenvalue weighted by molar-refractivity contribution is 0.0880. The van der Waals surface area contributed by atoms with Crippen LogP contribution in [0.5, 0.6) is 11.5 Å². The van der Waals surface area contributed by atoms with Gasteiger partial charge in [-0.1, -0.05) is 46.9 Å². The van der Waals surface area contributed by atoms with Crippen molar-refractivity contribution in [2.24, 2.45) is 0 Å². The van der Waals surface area contributed by atoms with Crippen LogP contribution in [0, 0.1) is 0 Å². The first-order valence-electron chi connectivity index (χ1n) is 6.28. The Balaban J connectivity index is 1.97. The highest BCUT2D eigenvalue weighted by Gasteiger charge is 2.36. The molecule has 0 N–H and O–H groups in total. The minimum absolute atomic E-state index is 0.119. The van der Waals surface area contributed by atoms with Crippen molar-refractivity contribution in [2.45, 2.75) is 10.0 Å². The van der Waals surface area contributed by atoms with Crippen molar-refractivity contribution in [2.75, 3.05) is 7.11 Å². The van der Waals surface area contributed by atoms with Gasteiger partial charge in [0.05, 0.1) is 12.7 Å². The number of fused-ring (bicyclic) bond motifs is 1. The van der Waals surface area contributed by atoms with Gasteiger partial charge in [-0.25, -0.2) is 0 Å². The van der Waals surface area contributed by atoms with E-state index in [0.717, 1.165) is 11.3 Å². The van der Waals surface area contributed by atoms with E-state index in [2.05, 4.69) is 22.6 Å². The number of hydrogen-bond donors (Lipinski definition) is 0. The second-order valence-electron chi connectivity index (χ2n) is 4.57. The van der Waals surface area contributed by atoms with E-state index in [9.17, 15) is 4.79 Å². The van der Waals surface area contributed by atoms with Crippen LogP contribution in [0.15, 0.2) is 48.5 Å². The predicted octanol–water partition coefficient (Wildman–Crippen LogP) is 3.82. The molecule has 0 bridgehead atoms. The fourth-order valence-electron chi connectivity index (χ4n) is 2.29. The van der Waals surface area contributed by atoms with Gasteiger partial charge in [0.25, 0.3) is 0 Å². The molecule has 0 spiro atoms. The topological polar surface area (TPSA) is 35.5 Å². The minimum Gasteiger partial charge on any atom is -0.497 e. The Bertz CT molecular complexity index is 636. The van der Waals surface area contributed by atoms with Gasteiger partial charge in [-0.3, -0.25) is 4.79 Å². The Morgan fingerprint density at radius 3 is 2.50 bits per heavy atom. The Morgan fingerprint density at radius 1 is 1.10 bits per heavy atom. The van der Waals surface area contributed by atoms with Gasteiger partial charge < -0.3 is 9.47 Å². The molecule has 102 valence electrons. The summed E-state index contributed by atoms with van der Waals surface area (Å²) in [6, 6.07) is 15.0. The van der Waals surface area contributed by atoms with Crippen LogP contribution in [-0.2, 0) is 0 Å². The maximum Gasteiger partial charge on any atom is 0.183 e. The number of methoxy groups -OCH3 is 1. The number of para-hydroxylation sites is 1. The first-order valence-corrected chi connectivity index (χ1v) is 7.53. The monoisotopic (exact) mass is 380 g/mol. The minimum atomic E-state index is -0.260. The number of ether oxygens (including phenoxy) is 2. The van der Waals surface area contributed by atoms with E-state index >= 15 is 0 Å².